The molecule has 0 bridgehead atoms. The van der Waals surface area contributed by atoms with Crippen molar-refractivity contribution in [2.24, 2.45) is 5.73 Å². The van der Waals surface area contributed by atoms with E-state index < -0.39 is 6.04 Å². The highest BCUT2D eigenvalue weighted by molar-refractivity contribution is 5.86. The molecule has 0 saturated carbocycles. The Morgan fingerprint density at radius 2 is 2.04 bits per heavy atom. The molecule has 0 aliphatic carbocycles. The van der Waals surface area contributed by atoms with E-state index in [1.54, 1.807) is 0 Å². The maximum atomic E-state index is 12.0. The number of rotatable bonds is 7. The molecule has 0 saturated heterocycles. The average molecular weight is 361 g/mol. The van der Waals surface area contributed by atoms with Gasteiger partial charge in [0.2, 0.25) is 5.91 Å². The first kappa shape index (κ1) is 21.7. The first-order valence-electron chi connectivity index (χ1n) is 7.38. The van der Waals surface area contributed by atoms with Gasteiger partial charge in [0.25, 0.3) is 0 Å². The van der Waals surface area contributed by atoms with E-state index in [2.05, 4.69) is 22.1 Å². The maximum absolute atomic E-state index is 12.0. The van der Waals surface area contributed by atoms with Crippen LogP contribution in [0.15, 0.2) is 30.5 Å². The Bertz CT molecular complexity index is 603. The van der Waals surface area contributed by atoms with E-state index in [0.29, 0.717) is 13.0 Å². The molecule has 1 amide bonds. The summed E-state index contributed by atoms with van der Waals surface area (Å²) in [6.45, 7) is 4.52. The number of hydrogen-bond donors (Lipinski definition) is 3. The van der Waals surface area contributed by atoms with E-state index in [1.807, 2.05) is 37.5 Å². The summed E-state index contributed by atoms with van der Waals surface area (Å²) in [4.78, 5) is 17.4. The SMILES string of the molecule is CCN(C)CCNC(=O)[C@@H](N)Cc1c[nH]c2ccccc12.Cl.Cl. The molecule has 4 N–H and O–H groups in total. The molecular formula is C16H26Cl2N4O. The van der Waals surface area contributed by atoms with Crippen molar-refractivity contribution >= 4 is 41.6 Å². The molecule has 0 radical (unpaired) electrons. The number of aromatic nitrogens is 1. The highest BCUT2D eigenvalue weighted by Gasteiger charge is 2.15. The average Bonchev–Trinajstić information content (AvgIpc) is 2.90. The number of likely N-dealkylation sites (N-methyl/N-ethyl adjacent to an activating group) is 1. The van der Waals surface area contributed by atoms with Gasteiger partial charge in [-0.2, -0.15) is 0 Å². The van der Waals surface area contributed by atoms with Crippen LogP contribution >= 0.6 is 24.8 Å². The fourth-order valence-corrected chi connectivity index (χ4v) is 2.29. The molecule has 5 nitrogen and oxygen atoms in total. The molecule has 2 rings (SSSR count). The van der Waals surface area contributed by atoms with E-state index in [9.17, 15) is 4.79 Å². The van der Waals surface area contributed by atoms with E-state index in [0.717, 1.165) is 29.6 Å². The highest BCUT2D eigenvalue weighted by Crippen LogP contribution is 2.18. The monoisotopic (exact) mass is 360 g/mol. The minimum Gasteiger partial charge on any atom is -0.361 e. The molecule has 0 aliphatic rings. The van der Waals surface area contributed by atoms with Gasteiger partial charge >= 0.3 is 0 Å². The van der Waals surface area contributed by atoms with Crippen molar-refractivity contribution in [3.8, 4) is 0 Å². The maximum Gasteiger partial charge on any atom is 0.237 e. The van der Waals surface area contributed by atoms with E-state index in [1.165, 1.54) is 0 Å². The second kappa shape index (κ2) is 10.5. The summed E-state index contributed by atoms with van der Waals surface area (Å²) >= 11 is 0. The zero-order valence-electron chi connectivity index (χ0n) is 13.5. The summed E-state index contributed by atoms with van der Waals surface area (Å²) < 4.78 is 0. The van der Waals surface area contributed by atoms with Gasteiger partial charge in [0.05, 0.1) is 6.04 Å². The first-order chi connectivity index (χ1) is 10.1. The van der Waals surface area contributed by atoms with Crippen LogP contribution in [0.1, 0.15) is 12.5 Å². The van der Waals surface area contributed by atoms with Crippen molar-refractivity contribution in [2.45, 2.75) is 19.4 Å². The van der Waals surface area contributed by atoms with Crippen LogP contribution in [-0.2, 0) is 11.2 Å². The van der Waals surface area contributed by atoms with Gasteiger partial charge in [0.1, 0.15) is 0 Å². The molecule has 130 valence electrons. The van der Waals surface area contributed by atoms with Gasteiger partial charge in [-0.15, -0.1) is 24.8 Å². The molecule has 7 heteroatoms. The molecule has 1 heterocycles. The lowest BCUT2D eigenvalue weighted by molar-refractivity contribution is -0.122. The van der Waals surface area contributed by atoms with Crippen LogP contribution in [0.3, 0.4) is 0 Å². The van der Waals surface area contributed by atoms with Crippen LogP contribution < -0.4 is 11.1 Å². The summed E-state index contributed by atoms with van der Waals surface area (Å²) in [7, 11) is 2.03. The number of hydrogen-bond acceptors (Lipinski definition) is 3. The lowest BCUT2D eigenvalue weighted by Gasteiger charge is -2.16. The summed E-state index contributed by atoms with van der Waals surface area (Å²) in [5.41, 5.74) is 8.17. The Hall–Kier alpha value is -1.27. The number of nitrogens with one attached hydrogen (secondary N) is 2. The topological polar surface area (TPSA) is 74.2 Å². The van der Waals surface area contributed by atoms with Gasteiger partial charge in [-0.3, -0.25) is 4.79 Å². The van der Waals surface area contributed by atoms with Crippen LogP contribution in [0.5, 0.6) is 0 Å². The third kappa shape index (κ3) is 6.03. The van der Waals surface area contributed by atoms with Crippen molar-refractivity contribution in [3.05, 3.63) is 36.0 Å². The molecular weight excluding hydrogens is 335 g/mol. The Kier molecular flexibility index (Phi) is 9.91. The van der Waals surface area contributed by atoms with Gasteiger partial charge in [0, 0.05) is 30.2 Å². The van der Waals surface area contributed by atoms with E-state index >= 15 is 0 Å². The number of halogens is 2. The Morgan fingerprint density at radius 1 is 1.35 bits per heavy atom. The third-order valence-corrected chi connectivity index (χ3v) is 3.78. The number of aromatic amines is 1. The van der Waals surface area contributed by atoms with Crippen molar-refractivity contribution in [1.82, 2.24) is 15.2 Å². The molecule has 23 heavy (non-hydrogen) atoms. The second-order valence-corrected chi connectivity index (χ2v) is 5.36. The third-order valence-electron chi connectivity index (χ3n) is 3.78. The fraction of sp³-hybridized carbons (Fsp3) is 0.438. The summed E-state index contributed by atoms with van der Waals surface area (Å²) in [6.07, 6.45) is 2.47. The van der Waals surface area contributed by atoms with E-state index in [4.69, 9.17) is 5.73 Å². The zero-order chi connectivity index (χ0) is 15.2. The van der Waals surface area contributed by atoms with Gasteiger partial charge < -0.3 is 20.9 Å². The predicted octanol–water partition coefficient (Wildman–Crippen LogP) is 1.95. The fourth-order valence-electron chi connectivity index (χ4n) is 2.29. The number of amides is 1. The molecule has 0 unspecified atom stereocenters. The number of fused-ring (bicyclic) bond motifs is 1. The van der Waals surface area contributed by atoms with Gasteiger partial charge in [-0.25, -0.2) is 0 Å². The number of carbonyl (C=O) groups excluding carboxylic acids is 1. The zero-order valence-corrected chi connectivity index (χ0v) is 15.2. The number of nitrogens with two attached hydrogens (primary N) is 1. The lowest BCUT2D eigenvalue weighted by atomic mass is 10.1. The standard InChI is InChI=1S/C16H24N4O.2ClH/c1-3-20(2)9-8-18-16(21)14(17)10-12-11-19-15-7-5-4-6-13(12)15;;/h4-7,11,14,19H,3,8-10,17H2,1-2H3,(H,18,21);2*1H/t14-;;/m0../s1. The Balaban J connectivity index is 0.00000242. The molecule has 0 aliphatic heterocycles. The normalized spacial score (nSPS) is 11.7. The summed E-state index contributed by atoms with van der Waals surface area (Å²) in [5, 5.41) is 4.02. The van der Waals surface area contributed by atoms with Crippen LogP contribution in [0.4, 0.5) is 0 Å². The largest absolute Gasteiger partial charge is 0.361 e. The van der Waals surface area contributed by atoms with Crippen molar-refractivity contribution in [1.29, 1.82) is 0 Å². The van der Waals surface area contributed by atoms with Crippen LogP contribution in [0.2, 0.25) is 0 Å². The Morgan fingerprint density at radius 3 is 2.74 bits per heavy atom. The summed E-state index contributed by atoms with van der Waals surface area (Å²) in [6, 6.07) is 7.52. The summed E-state index contributed by atoms with van der Waals surface area (Å²) in [5.74, 6) is -0.0928. The quantitative estimate of drug-likeness (QED) is 0.706. The molecule has 0 spiro atoms. The molecule has 1 atom stereocenters. The van der Waals surface area contributed by atoms with Crippen molar-refractivity contribution in [3.63, 3.8) is 0 Å². The number of benzene rings is 1. The van der Waals surface area contributed by atoms with Gasteiger partial charge in [-0.1, -0.05) is 25.1 Å². The molecule has 0 fully saturated rings. The number of carbonyl (C=O) groups is 1. The second-order valence-electron chi connectivity index (χ2n) is 5.36. The van der Waals surface area contributed by atoms with Crippen molar-refractivity contribution in [2.75, 3.05) is 26.7 Å². The highest BCUT2D eigenvalue weighted by atomic mass is 35.5. The van der Waals surface area contributed by atoms with Crippen LogP contribution in [0.25, 0.3) is 10.9 Å². The number of nitrogens with zero attached hydrogens (tertiary/aromatic N) is 1. The molecule has 1 aromatic carbocycles. The van der Waals surface area contributed by atoms with E-state index in [-0.39, 0.29) is 30.7 Å². The van der Waals surface area contributed by atoms with Crippen LogP contribution in [-0.4, -0.2) is 48.5 Å². The first-order valence-corrected chi connectivity index (χ1v) is 7.38. The smallest absolute Gasteiger partial charge is 0.237 e. The van der Waals surface area contributed by atoms with Crippen LogP contribution in [0, 0.1) is 0 Å². The Labute approximate surface area is 149 Å². The lowest BCUT2D eigenvalue weighted by Crippen LogP contribution is -2.44. The molecule has 2 aromatic rings. The number of para-hydroxylation sites is 1. The molecule has 1 aromatic heterocycles. The predicted molar refractivity (Wildman–Crippen MR) is 101 cm³/mol. The van der Waals surface area contributed by atoms with Gasteiger partial charge in [-0.05, 0) is 31.6 Å². The minimum absolute atomic E-state index is 0. The minimum atomic E-state index is -0.517. The van der Waals surface area contributed by atoms with Gasteiger partial charge in [0.15, 0.2) is 0 Å². The van der Waals surface area contributed by atoms with Crippen molar-refractivity contribution < 1.29 is 4.79 Å². The number of H-pyrrole nitrogens is 1.